The number of hydrogen-bond donors (Lipinski definition) is 0. The number of nitrogens with zero attached hydrogens (tertiary/aromatic N) is 4. The maximum absolute atomic E-state index is 12.4. The van der Waals surface area contributed by atoms with Crippen LogP contribution < -0.4 is 0 Å². The van der Waals surface area contributed by atoms with E-state index in [2.05, 4.69) is 3.77 Å². The lowest BCUT2D eigenvalue weighted by Crippen LogP contribution is -2.31. The van der Waals surface area contributed by atoms with Gasteiger partial charge in [-0.15, -0.1) is 0 Å². The van der Waals surface area contributed by atoms with Gasteiger partial charge in [0.25, 0.3) is 0 Å². The maximum atomic E-state index is 12.4. The second-order valence-electron chi connectivity index (χ2n) is 3.75. The van der Waals surface area contributed by atoms with Crippen molar-refractivity contribution in [3.8, 4) is 12.1 Å². The molecule has 106 valence electrons. The van der Waals surface area contributed by atoms with Gasteiger partial charge >= 0.3 is 10.2 Å². The van der Waals surface area contributed by atoms with Crippen LogP contribution in [0, 0.1) is 22.7 Å². The van der Waals surface area contributed by atoms with Gasteiger partial charge in [-0.2, -0.15) is 23.2 Å². The Morgan fingerprint density at radius 3 is 2.05 bits per heavy atom. The Morgan fingerprint density at radius 1 is 1.10 bits per heavy atom. The Labute approximate surface area is 118 Å². The highest BCUT2D eigenvalue weighted by atomic mass is 32.3. The molecule has 1 unspecified atom stereocenters. The molecule has 0 saturated heterocycles. The molecule has 0 aliphatic carbocycles. The lowest BCUT2D eigenvalue weighted by molar-refractivity contribution is 0.481. The molecule has 0 aromatic heterocycles. The van der Waals surface area contributed by atoms with Crippen LogP contribution in [0.5, 0.6) is 0 Å². The van der Waals surface area contributed by atoms with Gasteiger partial charge in [-0.25, -0.2) is 4.21 Å². The Balaban J connectivity index is 3.30. The van der Waals surface area contributed by atoms with Crippen LogP contribution in [0.2, 0.25) is 0 Å². The molecule has 0 N–H and O–H groups in total. The molecule has 0 heterocycles. The summed E-state index contributed by atoms with van der Waals surface area (Å²) in [5.41, 5.74) is 0. The first-order valence-electron chi connectivity index (χ1n) is 5.36. The summed E-state index contributed by atoms with van der Waals surface area (Å²) in [7, 11) is -7.49. The van der Waals surface area contributed by atoms with Crippen LogP contribution in [0.25, 0.3) is 0 Å². The first kappa shape index (κ1) is 16.1. The van der Waals surface area contributed by atoms with E-state index in [0.29, 0.717) is 4.31 Å². The quantitative estimate of drug-likeness (QED) is 0.744. The summed E-state index contributed by atoms with van der Waals surface area (Å²) in [6, 6.07) is 11.2. The second-order valence-corrected chi connectivity index (χ2v) is 7.84. The van der Waals surface area contributed by atoms with Crippen molar-refractivity contribution in [2.75, 3.05) is 19.3 Å². The lowest BCUT2D eigenvalue weighted by atomic mass is 10.4. The molecule has 0 spiro atoms. The molecular weight excluding hydrogens is 300 g/mol. The summed E-state index contributed by atoms with van der Waals surface area (Å²) in [5, 5.41) is 17.1. The molecule has 20 heavy (non-hydrogen) atoms. The topological polar surface area (TPSA) is 114 Å². The van der Waals surface area contributed by atoms with Crippen LogP contribution in [0.15, 0.2) is 39.0 Å². The first-order chi connectivity index (χ1) is 9.33. The van der Waals surface area contributed by atoms with Crippen molar-refractivity contribution in [1.82, 2.24) is 4.31 Å². The van der Waals surface area contributed by atoms with E-state index >= 15 is 0 Å². The number of benzene rings is 1. The van der Waals surface area contributed by atoms with Gasteiger partial charge in [0.05, 0.1) is 21.9 Å². The minimum absolute atomic E-state index is 0.262. The SMILES string of the molecule is CS(=O)(=NS(=O)(=O)N(CC#N)CC#N)c1ccccc1. The molecule has 7 nitrogen and oxygen atoms in total. The van der Waals surface area contributed by atoms with E-state index in [1.807, 2.05) is 0 Å². The summed E-state index contributed by atoms with van der Waals surface area (Å²) >= 11 is 0. The van der Waals surface area contributed by atoms with Crippen LogP contribution in [0.1, 0.15) is 0 Å². The highest BCUT2D eigenvalue weighted by Gasteiger charge is 2.23. The minimum Gasteiger partial charge on any atom is -0.244 e. The van der Waals surface area contributed by atoms with Crippen LogP contribution >= 0.6 is 0 Å². The lowest BCUT2D eigenvalue weighted by Gasteiger charge is -2.13. The third-order valence-corrected chi connectivity index (χ3v) is 6.19. The highest BCUT2D eigenvalue weighted by molar-refractivity contribution is 8.02. The fraction of sp³-hybridized carbons (Fsp3) is 0.273. The van der Waals surface area contributed by atoms with Gasteiger partial charge in [0.15, 0.2) is 0 Å². The molecule has 0 radical (unpaired) electrons. The third kappa shape index (κ3) is 4.03. The zero-order valence-electron chi connectivity index (χ0n) is 10.6. The Hall–Kier alpha value is -1.94. The van der Waals surface area contributed by atoms with Gasteiger partial charge in [0.2, 0.25) is 0 Å². The van der Waals surface area contributed by atoms with Gasteiger partial charge in [0.1, 0.15) is 13.1 Å². The number of hydrogen-bond acceptors (Lipinski definition) is 5. The highest BCUT2D eigenvalue weighted by Crippen LogP contribution is 2.14. The fourth-order valence-electron chi connectivity index (χ4n) is 1.32. The van der Waals surface area contributed by atoms with Crippen molar-refractivity contribution < 1.29 is 12.6 Å². The van der Waals surface area contributed by atoms with Crippen molar-refractivity contribution in [2.45, 2.75) is 4.90 Å². The molecular formula is C11H12N4O3S2. The van der Waals surface area contributed by atoms with Crippen LogP contribution in [-0.2, 0) is 19.9 Å². The van der Waals surface area contributed by atoms with Crippen molar-refractivity contribution in [1.29, 1.82) is 10.5 Å². The van der Waals surface area contributed by atoms with E-state index in [1.54, 1.807) is 30.3 Å². The monoisotopic (exact) mass is 312 g/mol. The van der Waals surface area contributed by atoms with E-state index in [1.165, 1.54) is 18.4 Å². The largest absolute Gasteiger partial charge is 0.332 e. The molecule has 1 aromatic rings. The molecule has 0 bridgehead atoms. The normalized spacial score (nSPS) is 14.0. The summed E-state index contributed by atoms with van der Waals surface area (Å²) in [5.74, 6) is 0. The van der Waals surface area contributed by atoms with E-state index in [-0.39, 0.29) is 4.90 Å². The zero-order chi connectivity index (χ0) is 15.2. The molecule has 9 heteroatoms. The van der Waals surface area contributed by atoms with Crippen LogP contribution in [0.4, 0.5) is 0 Å². The molecule has 0 saturated carbocycles. The zero-order valence-corrected chi connectivity index (χ0v) is 12.3. The smallest absolute Gasteiger partial charge is 0.244 e. The molecule has 0 aliphatic heterocycles. The average Bonchev–Trinajstić information content (AvgIpc) is 2.38. The summed E-state index contributed by atoms with van der Waals surface area (Å²) in [6.45, 7) is -1.05. The molecule has 0 aliphatic rings. The molecule has 1 aromatic carbocycles. The Kier molecular flexibility index (Phi) is 5.22. The van der Waals surface area contributed by atoms with Crippen LogP contribution in [0.3, 0.4) is 0 Å². The van der Waals surface area contributed by atoms with Gasteiger partial charge < -0.3 is 0 Å². The first-order valence-corrected chi connectivity index (χ1v) is 8.68. The van der Waals surface area contributed by atoms with Gasteiger partial charge in [-0.3, -0.25) is 0 Å². The van der Waals surface area contributed by atoms with E-state index in [4.69, 9.17) is 10.5 Å². The minimum atomic E-state index is -4.31. The van der Waals surface area contributed by atoms with Crippen molar-refractivity contribution in [3.63, 3.8) is 0 Å². The molecule has 1 atom stereocenters. The molecule has 0 amide bonds. The summed E-state index contributed by atoms with van der Waals surface area (Å²) in [6.07, 6.45) is 1.19. The predicted octanol–water partition coefficient (Wildman–Crippen LogP) is 0.737. The predicted molar refractivity (Wildman–Crippen MR) is 72.9 cm³/mol. The molecule has 1 rings (SSSR count). The number of rotatable bonds is 5. The van der Waals surface area contributed by atoms with Gasteiger partial charge in [0, 0.05) is 11.2 Å². The van der Waals surface area contributed by atoms with E-state index < -0.39 is 33.0 Å². The fourth-order valence-corrected chi connectivity index (χ4v) is 4.58. The summed E-state index contributed by atoms with van der Waals surface area (Å²) in [4.78, 5) is 0.262. The second kappa shape index (κ2) is 6.48. The van der Waals surface area contributed by atoms with Crippen molar-refractivity contribution in [2.24, 2.45) is 3.77 Å². The standard InChI is InChI=1S/C11H12N4O3S2/c1-19(16,11-5-3-2-4-6-11)14-20(17,18)15(9-7-12)10-8-13/h2-6H,9-10H2,1H3. The Bertz CT molecular complexity index is 750. The number of nitriles is 2. The van der Waals surface area contributed by atoms with Crippen LogP contribution in [-0.4, -0.2) is 36.3 Å². The van der Waals surface area contributed by atoms with Crippen molar-refractivity contribution >= 4 is 19.9 Å². The van der Waals surface area contributed by atoms with E-state index in [9.17, 15) is 12.6 Å². The maximum Gasteiger partial charge on any atom is 0.332 e. The third-order valence-electron chi connectivity index (χ3n) is 2.24. The van der Waals surface area contributed by atoms with E-state index in [0.717, 1.165) is 0 Å². The average molecular weight is 312 g/mol. The summed E-state index contributed by atoms with van der Waals surface area (Å²) < 4.78 is 40.3. The molecule has 0 fully saturated rings. The Morgan fingerprint density at radius 2 is 1.60 bits per heavy atom. The van der Waals surface area contributed by atoms with Gasteiger partial charge in [-0.05, 0) is 12.1 Å². The van der Waals surface area contributed by atoms with Gasteiger partial charge in [-0.1, -0.05) is 22.0 Å². The van der Waals surface area contributed by atoms with Crippen molar-refractivity contribution in [3.05, 3.63) is 30.3 Å².